The Kier molecular flexibility index (Phi) is 15.5. The van der Waals surface area contributed by atoms with Crippen LogP contribution in [-0.4, -0.2) is 65.5 Å². The molecule has 2 fully saturated rings. The highest BCUT2D eigenvalue weighted by Crippen LogP contribution is 2.53. The minimum Gasteiger partial charge on any atom is -0.472 e. The number of nitrogens with zero attached hydrogens (tertiary/aromatic N) is 5. The molecule has 1 saturated carbocycles. The number of carbonyl (C=O) groups excluding carboxylic acids is 2. The molecule has 2 amide bonds. The van der Waals surface area contributed by atoms with Crippen molar-refractivity contribution >= 4 is 51.8 Å². The number of aliphatic hydroxyl groups excluding tert-OH is 2. The number of amides is 2. The lowest BCUT2D eigenvalue weighted by Gasteiger charge is -2.18. The van der Waals surface area contributed by atoms with Crippen LogP contribution in [0.2, 0.25) is 10.0 Å². The molecule has 1 aliphatic heterocycles. The summed E-state index contributed by atoms with van der Waals surface area (Å²) in [5, 5.41) is 25.3. The Hall–Kier alpha value is -5.97. The number of ether oxygens (including phenoxy) is 2. The van der Waals surface area contributed by atoms with E-state index in [1.807, 2.05) is 66.7 Å². The first-order valence-electron chi connectivity index (χ1n) is 20.5. The van der Waals surface area contributed by atoms with E-state index in [1.165, 1.54) is 25.3 Å². The van der Waals surface area contributed by atoms with E-state index in [1.54, 1.807) is 36.5 Å². The van der Waals surface area contributed by atoms with Gasteiger partial charge in [0.2, 0.25) is 22.9 Å². The molecule has 1 saturated heterocycles. The van der Waals surface area contributed by atoms with Gasteiger partial charge in [0.1, 0.15) is 24.3 Å². The van der Waals surface area contributed by atoms with E-state index in [2.05, 4.69) is 35.5 Å². The first-order valence-corrected chi connectivity index (χ1v) is 22.8. The van der Waals surface area contributed by atoms with Crippen molar-refractivity contribution in [1.82, 2.24) is 30.6 Å². The molecule has 1 unspecified atom stereocenters. The van der Waals surface area contributed by atoms with Crippen LogP contribution in [0.1, 0.15) is 73.4 Å². The fraction of sp³-hybridized carbons (Fsp3) is 0.277. The Morgan fingerprint density at radius 3 is 1.66 bits per heavy atom. The molecule has 1 atom stereocenters. The van der Waals surface area contributed by atoms with E-state index in [0.717, 1.165) is 41.8 Å². The molecule has 3 heterocycles. The second kappa shape index (κ2) is 21.6. The second-order valence-electron chi connectivity index (χ2n) is 15.5. The Labute approximate surface area is 383 Å². The number of benzene rings is 4. The van der Waals surface area contributed by atoms with Crippen molar-refractivity contribution in [1.29, 1.82) is 0 Å². The molecule has 332 valence electrons. The maximum absolute atomic E-state index is 13.0. The summed E-state index contributed by atoms with van der Waals surface area (Å²) < 4.78 is 23.5. The fourth-order valence-electron chi connectivity index (χ4n) is 6.89. The van der Waals surface area contributed by atoms with E-state index >= 15 is 0 Å². The minimum atomic E-state index is -1.43. The highest BCUT2D eigenvalue weighted by atomic mass is 35.5. The zero-order valence-electron chi connectivity index (χ0n) is 35.0. The molecule has 6 aromatic rings. The standard InChI is InChI=1S/C26H27ClN4O3.C21H20ClN3O4S/c27-22-12-19(6-7-20(22)15-32)16-34-24-21(23(33)28-13-18-4-2-1-3-5-18)14-29-25(30-24)31-11-10-26(17-31)8-9-26;1-30(28)21-24-11-17(19(27)23-10-14-5-3-2-4-6-14)20(25-21)29-13-15-7-8-16(12-26)18(22)9-15/h1-7,12,14,32H,8-11,13,15-17H2,(H,28,33);2-9,11,26H,10,12-13H2,1H3,(H,23,27). The molecule has 4 N–H and O–H groups in total. The summed E-state index contributed by atoms with van der Waals surface area (Å²) in [6.07, 6.45) is 7.98. The highest BCUT2D eigenvalue weighted by Gasteiger charge is 2.48. The smallest absolute Gasteiger partial charge is 0.258 e. The number of hydrogen-bond acceptors (Lipinski definition) is 12. The van der Waals surface area contributed by atoms with Crippen LogP contribution in [0.5, 0.6) is 11.8 Å². The van der Waals surface area contributed by atoms with E-state index in [9.17, 15) is 24.0 Å². The summed E-state index contributed by atoms with van der Waals surface area (Å²) in [6, 6.07) is 29.7. The molecule has 1 aliphatic carbocycles. The molecule has 14 nitrogen and oxygen atoms in total. The summed E-state index contributed by atoms with van der Waals surface area (Å²) in [5.41, 5.74) is 5.60. The van der Waals surface area contributed by atoms with Crippen LogP contribution < -0.4 is 25.0 Å². The average molecular weight is 925 g/mol. The Balaban J connectivity index is 0.000000193. The van der Waals surface area contributed by atoms with Crippen molar-refractivity contribution in [3.05, 3.63) is 164 Å². The minimum absolute atomic E-state index is 0.0307. The second-order valence-corrected chi connectivity index (χ2v) is 17.6. The van der Waals surface area contributed by atoms with Gasteiger partial charge in [0, 0.05) is 54.9 Å². The number of aliphatic hydroxyl groups is 2. The molecular weight excluding hydrogens is 878 g/mol. The third-order valence-corrected chi connectivity index (χ3v) is 12.2. The summed E-state index contributed by atoms with van der Waals surface area (Å²) in [7, 11) is -1.43. The third kappa shape index (κ3) is 12.2. The third-order valence-electron chi connectivity index (χ3n) is 10.8. The number of halogens is 2. The summed E-state index contributed by atoms with van der Waals surface area (Å²) >= 11 is 12.3. The maximum atomic E-state index is 13.0. The first-order chi connectivity index (χ1) is 31.0. The molecule has 8 rings (SSSR count). The SMILES string of the molecule is CS(=O)c1ncc(C(=O)NCc2ccccc2)c(OCc2ccc(CO)c(Cl)c2)n1.O=C(NCc1ccccc1)c1cnc(N2CCC3(CC3)C2)nc1OCc1ccc(CO)c(Cl)c1. The molecule has 0 radical (unpaired) electrons. The maximum Gasteiger partial charge on any atom is 0.258 e. The van der Waals surface area contributed by atoms with Crippen molar-refractivity contribution in [2.75, 3.05) is 24.2 Å². The monoisotopic (exact) mass is 923 g/mol. The predicted molar refractivity (Wildman–Crippen MR) is 244 cm³/mol. The molecule has 2 aromatic heterocycles. The fourth-order valence-corrected chi connectivity index (χ4v) is 7.83. The number of nitrogens with one attached hydrogen (secondary N) is 2. The van der Waals surface area contributed by atoms with Crippen LogP contribution in [0.15, 0.2) is 115 Å². The van der Waals surface area contributed by atoms with Gasteiger partial charge in [-0.1, -0.05) is 108 Å². The molecule has 64 heavy (non-hydrogen) atoms. The predicted octanol–water partition coefficient (Wildman–Crippen LogP) is 6.99. The van der Waals surface area contributed by atoms with Crippen molar-refractivity contribution in [2.45, 2.75) is 63.9 Å². The summed E-state index contributed by atoms with van der Waals surface area (Å²) in [4.78, 5) is 45.2. The van der Waals surface area contributed by atoms with Gasteiger partial charge in [0.25, 0.3) is 11.8 Å². The average Bonchev–Trinajstić information content (AvgIpc) is 3.96. The van der Waals surface area contributed by atoms with Gasteiger partial charge in [-0.3, -0.25) is 13.8 Å². The van der Waals surface area contributed by atoms with Crippen LogP contribution in [0, 0.1) is 5.41 Å². The van der Waals surface area contributed by atoms with Crippen LogP contribution in [0.3, 0.4) is 0 Å². The molecular formula is C47H47Cl2N7O7S. The Morgan fingerprint density at radius 1 is 0.703 bits per heavy atom. The highest BCUT2D eigenvalue weighted by molar-refractivity contribution is 7.84. The molecule has 2 aliphatic rings. The van der Waals surface area contributed by atoms with Crippen molar-refractivity contribution in [2.24, 2.45) is 5.41 Å². The number of hydrogen-bond donors (Lipinski definition) is 4. The Morgan fingerprint density at radius 2 is 1.20 bits per heavy atom. The first kappa shape index (κ1) is 46.0. The van der Waals surface area contributed by atoms with Crippen LogP contribution >= 0.6 is 23.2 Å². The molecule has 4 aromatic carbocycles. The quantitative estimate of drug-likeness (QED) is 0.0730. The zero-order chi connectivity index (χ0) is 45.1. The zero-order valence-corrected chi connectivity index (χ0v) is 37.3. The van der Waals surface area contributed by atoms with Gasteiger partial charge in [0.05, 0.1) is 24.0 Å². The number of carbonyl (C=O) groups is 2. The van der Waals surface area contributed by atoms with Gasteiger partial charge in [-0.05, 0) is 70.2 Å². The van der Waals surface area contributed by atoms with Crippen molar-refractivity contribution in [3.63, 3.8) is 0 Å². The van der Waals surface area contributed by atoms with Gasteiger partial charge >= 0.3 is 0 Å². The van der Waals surface area contributed by atoms with Gasteiger partial charge < -0.3 is 35.2 Å². The lowest BCUT2D eigenvalue weighted by molar-refractivity contribution is 0.0936. The van der Waals surface area contributed by atoms with Gasteiger partial charge in [-0.25, -0.2) is 9.97 Å². The molecule has 0 bridgehead atoms. The van der Waals surface area contributed by atoms with Gasteiger partial charge in [-0.2, -0.15) is 9.97 Å². The lowest BCUT2D eigenvalue weighted by atomic mass is 10.1. The largest absolute Gasteiger partial charge is 0.472 e. The lowest BCUT2D eigenvalue weighted by Crippen LogP contribution is -2.26. The Bertz CT molecular complexity index is 2610. The van der Waals surface area contributed by atoms with Crippen LogP contribution in [0.25, 0.3) is 0 Å². The van der Waals surface area contributed by atoms with E-state index in [-0.39, 0.29) is 60.4 Å². The van der Waals surface area contributed by atoms with Gasteiger partial charge in [-0.15, -0.1) is 0 Å². The van der Waals surface area contributed by atoms with Crippen molar-refractivity contribution < 1.29 is 33.5 Å². The molecule has 1 spiro atoms. The van der Waals surface area contributed by atoms with Crippen molar-refractivity contribution in [3.8, 4) is 11.8 Å². The van der Waals surface area contributed by atoms with Crippen LogP contribution in [0.4, 0.5) is 5.95 Å². The van der Waals surface area contributed by atoms with E-state index < -0.39 is 16.7 Å². The van der Waals surface area contributed by atoms with E-state index in [0.29, 0.717) is 45.6 Å². The molecule has 17 heteroatoms. The normalized spacial score (nSPS) is 14.0. The topological polar surface area (TPSA) is 189 Å². The number of anilines is 1. The summed E-state index contributed by atoms with van der Waals surface area (Å²) in [5.74, 6) is 0.167. The summed E-state index contributed by atoms with van der Waals surface area (Å²) in [6.45, 7) is 2.57. The van der Waals surface area contributed by atoms with E-state index in [4.69, 9.17) is 32.7 Å². The number of aromatic nitrogens is 4. The van der Waals surface area contributed by atoms with Crippen LogP contribution in [-0.2, 0) is 50.3 Å². The number of rotatable bonds is 16. The van der Waals surface area contributed by atoms with Gasteiger partial charge in [0.15, 0.2) is 0 Å².